The molecule has 0 aliphatic heterocycles. The summed E-state index contributed by atoms with van der Waals surface area (Å²) in [6.07, 6.45) is -1.03. The van der Waals surface area contributed by atoms with E-state index in [4.69, 9.17) is 11.6 Å². The predicted molar refractivity (Wildman–Crippen MR) is 124 cm³/mol. The number of aromatic amines is 1. The number of aromatic nitrogens is 2. The van der Waals surface area contributed by atoms with Crippen LogP contribution < -0.4 is 16.0 Å². The van der Waals surface area contributed by atoms with Crippen LogP contribution in [0.25, 0.3) is 11.0 Å². The second-order valence-corrected chi connectivity index (χ2v) is 8.45. The summed E-state index contributed by atoms with van der Waals surface area (Å²) in [5.41, 5.74) is 1.85. The molecule has 0 unspecified atom stereocenters. The third kappa shape index (κ3) is 5.47. The number of carbonyl (C=O) groups is 1. The summed E-state index contributed by atoms with van der Waals surface area (Å²) in [7, 11) is 0. The highest BCUT2D eigenvalue weighted by Crippen LogP contribution is 2.35. The number of H-pyrrole nitrogens is 1. The van der Waals surface area contributed by atoms with Crippen molar-refractivity contribution in [3.05, 3.63) is 75.2 Å². The molecule has 1 aromatic carbocycles. The highest BCUT2D eigenvalue weighted by molar-refractivity contribution is 7.12. The van der Waals surface area contributed by atoms with E-state index < -0.39 is 11.7 Å². The Morgan fingerprint density at radius 1 is 1.12 bits per heavy atom. The van der Waals surface area contributed by atoms with Gasteiger partial charge in [0.15, 0.2) is 0 Å². The van der Waals surface area contributed by atoms with Gasteiger partial charge in [0, 0.05) is 37.4 Å². The molecule has 3 heterocycles. The Bertz CT molecular complexity index is 1270. The monoisotopic (exact) mass is 493 g/mol. The predicted octanol–water partition coefficient (Wildman–Crippen LogP) is 5.56. The first-order valence-electron chi connectivity index (χ1n) is 9.94. The number of alkyl halides is 3. The number of rotatable bonds is 8. The number of amides is 1. The largest absolute Gasteiger partial charge is 0.417 e. The van der Waals surface area contributed by atoms with Gasteiger partial charge in [-0.2, -0.15) is 13.2 Å². The summed E-state index contributed by atoms with van der Waals surface area (Å²) >= 11 is 6.95. The van der Waals surface area contributed by atoms with Crippen molar-refractivity contribution in [1.29, 1.82) is 0 Å². The molecule has 0 aliphatic carbocycles. The highest BCUT2D eigenvalue weighted by Gasteiger charge is 2.33. The SMILES string of the molecule is O=C(NCCNCc1ccc(Cl)c(C(F)(F)F)c1)c1sccc1Nc1ccnc2[nH]ccc12. The molecule has 4 rings (SSSR count). The number of hydrogen-bond acceptors (Lipinski definition) is 5. The minimum absolute atomic E-state index is 0.219. The van der Waals surface area contributed by atoms with Crippen molar-refractivity contribution < 1.29 is 18.0 Å². The molecule has 1 amide bonds. The second-order valence-electron chi connectivity index (χ2n) is 7.13. The van der Waals surface area contributed by atoms with E-state index in [1.54, 1.807) is 12.4 Å². The fourth-order valence-electron chi connectivity index (χ4n) is 3.28. The van der Waals surface area contributed by atoms with Crippen LogP contribution in [0, 0.1) is 0 Å². The number of anilines is 2. The van der Waals surface area contributed by atoms with Crippen LogP contribution in [0.1, 0.15) is 20.8 Å². The molecule has 4 aromatic rings. The smallest absolute Gasteiger partial charge is 0.354 e. The first kappa shape index (κ1) is 23.1. The van der Waals surface area contributed by atoms with Gasteiger partial charge in [-0.25, -0.2) is 4.98 Å². The maximum absolute atomic E-state index is 13.0. The fraction of sp³-hybridized carbons (Fsp3) is 0.182. The Labute approximate surface area is 196 Å². The fourth-order valence-corrected chi connectivity index (χ4v) is 4.27. The van der Waals surface area contributed by atoms with E-state index in [9.17, 15) is 18.0 Å². The molecular formula is C22H19ClF3N5OS. The molecule has 172 valence electrons. The number of benzene rings is 1. The number of pyridine rings is 1. The lowest BCUT2D eigenvalue weighted by Crippen LogP contribution is -2.31. The van der Waals surface area contributed by atoms with Gasteiger partial charge >= 0.3 is 6.18 Å². The zero-order valence-corrected chi connectivity index (χ0v) is 18.7. The maximum Gasteiger partial charge on any atom is 0.417 e. The molecule has 0 bridgehead atoms. The first-order chi connectivity index (χ1) is 15.8. The molecule has 0 saturated carbocycles. The minimum Gasteiger partial charge on any atom is -0.354 e. The van der Waals surface area contributed by atoms with Gasteiger partial charge in [-0.05, 0) is 41.3 Å². The van der Waals surface area contributed by atoms with Crippen LogP contribution in [0.15, 0.2) is 54.2 Å². The number of fused-ring (bicyclic) bond motifs is 1. The van der Waals surface area contributed by atoms with Gasteiger partial charge < -0.3 is 20.9 Å². The molecule has 6 nitrogen and oxygen atoms in total. The lowest BCUT2D eigenvalue weighted by molar-refractivity contribution is -0.137. The Morgan fingerprint density at radius 3 is 2.79 bits per heavy atom. The van der Waals surface area contributed by atoms with Gasteiger partial charge in [0.1, 0.15) is 10.5 Å². The lowest BCUT2D eigenvalue weighted by Gasteiger charge is -2.12. The quantitative estimate of drug-likeness (QED) is 0.242. The third-order valence-electron chi connectivity index (χ3n) is 4.85. The Morgan fingerprint density at radius 2 is 1.97 bits per heavy atom. The molecule has 11 heteroatoms. The maximum atomic E-state index is 13.0. The van der Waals surface area contributed by atoms with E-state index >= 15 is 0 Å². The Hall–Kier alpha value is -3.08. The van der Waals surface area contributed by atoms with Crippen molar-refractivity contribution in [2.75, 3.05) is 18.4 Å². The van der Waals surface area contributed by atoms with Crippen molar-refractivity contribution in [1.82, 2.24) is 20.6 Å². The van der Waals surface area contributed by atoms with Gasteiger partial charge in [0.05, 0.1) is 22.0 Å². The number of carbonyl (C=O) groups excluding carboxylic acids is 1. The van der Waals surface area contributed by atoms with E-state index in [1.807, 2.05) is 23.6 Å². The number of hydrogen-bond donors (Lipinski definition) is 4. The van der Waals surface area contributed by atoms with Gasteiger partial charge in [-0.15, -0.1) is 11.3 Å². The van der Waals surface area contributed by atoms with E-state index in [0.29, 0.717) is 29.2 Å². The van der Waals surface area contributed by atoms with Gasteiger partial charge in [-0.3, -0.25) is 4.79 Å². The van der Waals surface area contributed by atoms with Crippen LogP contribution in [0.5, 0.6) is 0 Å². The van der Waals surface area contributed by atoms with Crippen LogP contribution in [-0.2, 0) is 12.7 Å². The topological polar surface area (TPSA) is 81.8 Å². The summed E-state index contributed by atoms with van der Waals surface area (Å²) < 4.78 is 38.9. The standard InChI is InChI=1S/C22H19ClF3N5OS/c23-16-2-1-13(11-15(16)22(24,25)26)12-27-8-9-30-21(32)19-18(5-10-33-19)31-17-4-7-29-20-14(17)3-6-28-20/h1-7,10-11,27H,8-9,12H2,(H,30,32)(H2,28,29,31). The molecule has 0 aliphatic rings. The van der Waals surface area contributed by atoms with Crippen molar-refractivity contribution in [3.8, 4) is 0 Å². The summed E-state index contributed by atoms with van der Waals surface area (Å²) in [4.78, 5) is 20.5. The lowest BCUT2D eigenvalue weighted by atomic mass is 10.1. The van der Waals surface area contributed by atoms with Gasteiger partial charge in [0.2, 0.25) is 0 Å². The summed E-state index contributed by atoms with van der Waals surface area (Å²) in [5, 5.41) is 11.5. The van der Waals surface area contributed by atoms with E-state index in [-0.39, 0.29) is 17.5 Å². The second kappa shape index (κ2) is 9.82. The number of halogens is 4. The number of thiophene rings is 1. The molecule has 0 radical (unpaired) electrons. The van der Waals surface area contributed by atoms with Crippen molar-refractivity contribution in [2.24, 2.45) is 0 Å². The summed E-state index contributed by atoms with van der Waals surface area (Å²) in [6, 6.07) is 9.36. The molecule has 0 fully saturated rings. The summed E-state index contributed by atoms with van der Waals surface area (Å²) in [5.74, 6) is -0.237. The van der Waals surface area contributed by atoms with Crippen molar-refractivity contribution >= 4 is 51.3 Å². The van der Waals surface area contributed by atoms with E-state index in [0.717, 1.165) is 22.8 Å². The van der Waals surface area contributed by atoms with Gasteiger partial charge in [-0.1, -0.05) is 17.7 Å². The molecule has 0 atom stereocenters. The molecule has 0 saturated heterocycles. The highest BCUT2D eigenvalue weighted by atomic mass is 35.5. The van der Waals surface area contributed by atoms with Crippen molar-refractivity contribution in [3.63, 3.8) is 0 Å². The molecule has 0 spiro atoms. The Kier molecular flexibility index (Phi) is 6.87. The van der Waals surface area contributed by atoms with Crippen LogP contribution in [-0.4, -0.2) is 29.0 Å². The van der Waals surface area contributed by atoms with Crippen LogP contribution >= 0.6 is 22.9 Å². The number of nitrogens with one attached hydrogen (secondary N) is 4. The van der Waals surface area contributed by atoms with E-state index in [2.05, 4.69) is 25.9 Å². The zero-order chi connectivity index (χ0) is 23.4. The average molecular weight is 494 g/mol. The molecular weight excluding hydrogens is 475 g/mol. The third-order valence-corrected chi connectivity index (χ3v) is 6.10. The normalized spacial score (nSPS) is 11.6. The van der Waals surface area contributed by atoms with Gasteiger partial charge in [0.25, 0.3) is 5.91 Å². The molecule has 3 aromatic heterocycles. The Balaban J connectivity index is 1.29. The van der Waals surface area contributed by atoms with E-state index in [1.165, 1.54) is 23.5 Å². The molecule has 4 N–H and O–H groups in total. The first-order valence-corrected chi connectivity index (χ1v) is 11.2. The zero-order valence-electron chi connectivity index (χ0n) is 17.1. The van der Waals surface area contributed by atoms with Crippen LogP contribution in [0.3, 0.4) is 0 Å². The van der Waals surface area contributed by atoms with Crippen LogP contribution in [0.4, 0.5) is 24.5 Å². The average Bonchev–Trinajstić information content (AvgIpc) is 3.43. The van der Waals surface area contributed by atoms with Crippen LogP contribution in [0.2, 0.25) is 5.02 Å². The summed E-state index contributed by atoms with van der Waals surface area (Å²) in [6.45, 7) is 0.919. The molecule has 33 heavy (non-hydrogen) atoms. The van der Waals surface area contributed by atoms with Crippen molar-refractivity contribution in [2.45, 2.75) is 12.7 Å². The minimum atomic E-state index is -4.50. The number of nitrogens with zero attached hydrogens (tertiary/aromatic N) is 1.